The van der Waals surface area contributed by atoms with E-state index in [0.29, 0.717) is 4.90 Å². The Bertz CT molecular complexity index is 506. The molecule has 0 spiro atoms. The van der Waals surface area contributed by atoms with Crippen molar-refractivity contribution in [3.63, 3.8) is 0 Å². The summed E-state index contributed by atoms with van der Waals surface area (Å²) in [6.07, 6.45) is -4.95. The molecule has 0 atom stereocenters. The van der Waals surface area contributed by atoms with E-state index in [-0.39, 0.29) is 11.3 Å². The molecule has 1 aromatic rings. The van der Waals surface area contributed by atoms with Crippen molar-refractivity contribution in [1.29, 1.82) is 0 Å². The summed E-state index contributed by atoms with van der Waals surface area (Å²) >= 11 is 1.11. The number of carbonyl (C=O) groups is 1. The minimum absolute atomic E-state index is 0.165. The number of carbonyl (C=O) groups excluding carboxylic acids is 1. The van der Waals surface area contributed by atoms with Gasteiger partial charge in [0.25, 0.3) is 5.78 Å². The number of benzene rings is 1. The fourth-order valence-corrected chi connectivity index (χ4v) is 2.58. The van der Waals surface area contributed by atoms with E-state index >= 15 is 0 Å². The maximum absolute atomic E-state index is 12.3. The van der Waals surface area contributed by atoms with Crippen LogP contribution < -0.4 is 0 Å². The maximum Gasteiger partial charge on any atom is 0.454 e. The highest BCUT2D eigenvalue weighted by molar-refractivity contribution is 7.99. The highest BCUT2D eigenvalue weighted by Crippen LogP contribution is 2.38. The summed E-state index contributed by atoms with van der Waals surface area (Å²) in [5.41, 5.74) is -0.308. The molecule has 90 valence electrons. The molecule has 0 unspecified atom stereocenters. The number of hydrogen-bond donors (Lipinski definition) is 1. The molecular formula is C11H7F3O2S. The highest BCUT2D eigenvalue weighted by atomic mass is 32.2. The zero-order chi connectivity index (χ0) is 12.6. The number of aliphatic hydroxyl groups excluding tert-OH is 1. The van der Waals surface area contributed by atoms with Gasteiger partial charge in [0.15, 0.2) is 0 Å². The number of Topliss-reactive ketones (excluding diaryl/α,β-unsaturated/α-hetero) is 1. The number of hydrogen-bond acceptors (Lipinski definition) is 3. The van der Waals surface area contributed by atoms with E-state index in [4.69, 9.17) is 0 Å². The van der Waals surface area contributed by atoms with Crippen LogP contribution in [0.15, 0.2) is 34.7 Å². The van der Waals surface area contributed by atoms with Crippen LogP contribution in [0.4, 0.5) is 13.2 Å². The van der Waals surface area contributed by atoms with E-state index in [0.717, 1.165) is 11.8 Å². The Morgan fingerprint density at radius 3 is 2.59 bits per heavy atom. The van der Waals surface area contributed by atoms with E-state index in [1.165, 1.54) is 6.07 Å². The minimum Gasteiger partial charge on any atom is -0.507 e. The van der Waals surface area contributed by atoms with Crippen molar-refractivity contribution in [3.05, 3.63) is 35.4 Å². The van der Waals surface area contributed by atoms with Crippen LogP contribution in [0.25, 0.3) is 5.76 Å². The fourth-order valence-electron chi connectivity index (χ4n) is 1.51. The van der Waals surface area contributed by atoms with Gasteiger partial charge >= 0.3 is 6.18 Å². The van der Waals surface area contributed by atoms with Crippen molar-refractivity contribution in [2.24, 2.45) is 0 Å². The van der Waals surface area contributed by atoms with Gasteiger partial charge in [-0.1, -0.05) is 18.2 Å². The number of thioether (sulfide) groups is 1. The van der Waals surface area contributed by atoms with Gasteiger partial charge in [0, 0.05) is 16.2 Å². The molecule has 1 aliphatic rings. The molecule has 0 saturated carbocycles. The Kier molecular flexibility index (Phi) is 2.91. The minimum atomic E-state index is -4.95. The van der Waals surface area contributed by atoms with Crippen molar-refractivity contribution >= 4 is 23.3 Å². The average Bonchev–Trinajstić information content (AvgIpc) is 2.28. The quantitative estimate of drug-likeness (QED) is 0.842. The number of rotatable bonds is 1. The summed E-state index contributed by atoms with van der Waals surface area (Å²) in [5, 5.41) is 9.70. The first kappa shape index (κ1) is 12.0. The molecule has 1 N–H and O–H groups in total. The predicted molar refractivity (Wildman–Crippen MR) is 57.8 cm³/mol. The number of aliphatic hydroxyl groups is 1. The van der Waals surface area contributed by atoms with Gasteiger partial charge in [-0.15, -0.1) is 11.8 Å². The van der Waals surface area contributed by atoms with Crippen LogP contribution in [0.5, 0.6) is 0 Å². The molecule has 6 heteroatoms. The highest BCUT2D eigenvalue weighted by Gasteiger charge is 2.43. The number of alkyl halides is 3. The van der Waals surface area contributed by atoms with Crippen LogP contribution in [0.1, 0.15) is 5.56 Å². The Hall–Kier alpha value is -1.43. The summed E-state index contributed by atoms with van der Waals surface area (Å²) in [5.74, 6) is -2.71. The molecule has 0 saturated heterocycles. The second-order valence-corrected chi connectivity index (χ2v) is 4.46. The first-order chi connectivity index (χ1) is 7.91. The predicted octanol–water partition coefficient (Wildman–Crippen LogP) is 3.19. The smallest absolute Gasteiger partial charge is 0.454 e. The maximum atomic E-state index is 12.3. The Labute approximate surface area is 99.1 Å². The molecule has 0 aliphatic carbocycles. The number of halogens is 3. The molecule has 0 aromatic heterocycles. The molecule has 0 radical (unpaired) electrons. The zero-order valence-electron chi connectivity index (χ0n) is 8.41. The Balaban J connectivity index is 2.48. The summed E-state index contributed by atoms with van der Waals surface area (Å²) in [6.45, 7) is 0. The van der Waals surface area contributed by atoms with E-state index in [9.17, 15) is 23.1 Å². The van der Waals surface area contributed by atoms with Gasteiger partial charge in [0.05, 0.1) is 5.57 Å². The molecule has 0 amide bonds. The second-order valence-electron chi connectivity index (χ2n) is 3.44. The fraction of sp³-hybridized carbons (Fsp3) is 0.182. The van der Waals surface area contributed by atoms with E-state index in [2.05, 4.69) is 0 Å². The third kappa shape index (κ3) is 2.17. The van der Waals surface area contributed by atoms with Gasteiger partial charge in [-0.3, -0.25) is 4.79 Å². The summed E-state index contributed by atoms with van der Waals surface area (Å²) < 4.78 is 36.8. The topological polar surface area (TPSA) is 37.3 Å². The summed E-state index contributed by atoms with van der Waals surface area (Å²) in [4.78, 5) is 11.8. The normalized spacial score (nSPS) is 15.7. The van der Waals surface area contributed by atoms with Crippen molar-refractivity contribution in [1.82, 2.24) is 0 Å². The van der Waals surface area contributed by atoms with Crippen LogP contribution in [0, 0.1) is 0 Å². The standard InChI is InChI=1S/C11H7F3O2S/c12-11(13,14)10(16)7-5-17-8-4-2-1-3-6(8)9(7)15/h1-4,15H,5H2. The lowest BCUT2D eigenvalue weighted by Gasteiger charge is -2.18. The van der Waals surface area contributed by atoms with Crippen LogP contribution >= 0.6 is 11.8 Å². The summed E-state index contributed by atoms with van der Waals surface area (Å²) in [7, 11) is 0. The van der Waals surface area contributed by atoms with Crippen molar-refractivity contribution in [2.75, 3.05) is 5.75 Å². The van der Waals surface area contributed by atoms with Gasteiger partial charge in [-0.2, -0.15) is 13.2 Å². The lowest BCUT2D eigenvalue weighted by atomic mass is 10.1. The van der Waals surface area contributed by atoms with Crippen molar-refractivity contribution in [3.8, 4) is 0 Å². The van der Waals surface area contributed by atoms with Crippen LogP contribution in [0.2, 0.25) is 0 Å². The van der Waals surface area contributed by atoms with Gasteiger partial charge < -0.3 is 5.11 Å². The molecule has 2 nitrogen and oxygen atoms in total. The van der Waals surface area contributed by atoms with Crippen molar-refractivity contribution in [2.45, 2.75) is 11.1 Å². The lowest BCUT2D eigenvalue weighted by Crippen LogP contribution is -2.27. The number of ketones is 1. The Morgan fingerprint density at radius 2 is 1.94 bits per heavy atom. The molecule has 2 rings (SSSR count). The van der Waals surface area contributed by atoms with Crippen LogP contribution in [-0.2, 0) is 4.79 Å². The second kappa shape index (κ2) is 4.10. The van der Waals surface area contributed by atoms with Gasteiger partial charge in [0.1, 0.15) is 5.76 Å². The lowest BCUT2D eigenvalue weighted by molar-refractivity contribution is -0.166. The third-order valence-corrected chi connectivity index (χ3v) is 3.43. The molecule has 1 heterocycles. The first-order valence-corrected chi connectivity index (χ1v) is 5.65. The summed E-state index contributed by atoms with van der Waals surface area (Å²) in [6, 6.07) is 6.48. The first-order valence-electron chi connectivity index (χ1n) is 4.67. The molecule has 17 heavy (non-hydrogen) atoms. The van der Waals surface area contributed by atoms with Gasteiger partial charge in [-0.05, 0) is 6.07 Å². The molecule has 1 aliphatic heterocycles. The average molecular weight is 260 g/mol. The molecule has 1 aromatic carbocycles. The molecule has 0 bridgehead atoms. The molecule has 0 fully saturated rings. The van der Waals surface area contributed by atoms with E-state index in [1.807, 2.05) is 0 Å². The van der Waals surface area contributed by atoms with Gasteiger partial charge in [-0.25, -0.2) is 0 Å². The SMILES string of the molecule is O=C(C1=C(O)c2ccccc2SC1)C(F)(F)F. The largest absolute Gasteiger partial charge is 0.507 e. The van der Waals surface area contributed by atoms with Crippen LogP contribution in [-0.4, -0.2) is 22.8 Å². The zero-order valence-corrected chi connectivity index (χ0v) is 9.23. The van der Waals surface area contributed by atoms with Crippen LogP contribution in [0.3, 0.4) is 0 Å². The Morgan fingerprint density at radius 1 is 1.29 bits per heavy atom. The van der Waals surface area contributed by atoms with E-state index in [1.54, 1.807) is 18.2 Å². The monoisotopic (exact) mass is 260 g/mol. The van der Waals surface area contributed by atoms with Gasteiger partial charge in [0.2, 0.25) is 0 Å². The molecular weight excluding hydrogens is 253 g/mol. The van der Waals surface area contributed by atoms with Crippen molar-refractivity contribution < 1.29 is 23.1 Å². The van der Waals surface area contributed by atoms with E-state index < -0.39 is 23.3 Å². The number of fused-ring (bicyclic) bond motifs is 1. The third-order valence-electron chi connectivity index (χ3n) is 2.33.